The highest BCUT2D eigenvalue weighted by atomic mass is 16.5. The third-order valence-electron chi connectivity index (χ3n) is 5.84. The number of aromatic amines is 1. The average molecular weight is 446 g/mol. The van der Waals surface area contributed by atoms with Crippen LogP contribution in [0.3, 0.4) is 0 Å². The lowest BCUT2D eigenvalue weighted by molar-refractivity contribution is 0.254. The number of benzene rings is 1. The Labute approximate surface area is 191 Å². The lowest BCUT2D eigenvalue weighted by atomic mass is 9.92. The van der Waals surface area contributed by atoms with Crippen molar-refractivity contribution in [3.63, 3.8) is 0 Å². The highest BCUT2D eigenvalue weighted by Gasteiger charge is 2.21. The Morgan fingerprint density at radius 3 is 2.85 bits per heavy atom. The van der Waals surface area contributed by atoms with Crippen LogP contribution in [0.5, 0.6) is 11.6 Å². The summed E-state index contributed by atoms with van der Waals surface area (Å²) >= 11 is 0. The molecule has 5 rings (SSSR count). The summed E-state index contributed by atoms with van der Waals surface area (Å²) in [7, 11) is 0. The van der Waals surface area contributed by atoms with Gasteiger partial charge in [-0.3, -0.25) is 15.0 Å². The zero-order valence-electron chi connectivity index (χ0n) is 19.1. The topological polar surface area (TPSA) is 110 Å². The van der Waals surface area contributed by atoms with Crippen molar-refractivity contribution in [2.45, 2.75) is 52.1 Å². The van der Waals surface area contributed by atoms with Gasteiger partial charge in [0.25, 0.3) is 0 Å². The molecule has 1 unspecified atom stereocenters. The van der Waals surface area contributed by atoms with Crippen molar-refractivity contribution >= 4 is 22.8 Å². The van der Waals surface area contributed by atoms with E-state index in [9.17, 15) is 4.79 Å². The van der Waals surface area contributed by atoms with E-state index in [0.29, 0.717) is 30.0 Å². The van der Waals surface area contributed by atoms with E-state index in [4.69, 9.17) is 4.74 Å². The van der Waals surface area contributed by atoms with Crippen LogP contribution in [-0.4, -0.2) is 36.8 Å². The molecule has 0 spiro atoms. The number of rotatable bonds is 3. The van der Waals surface area contributed by atoms with Gasteiger partial charge in [-0.15, -0.1) is 0 Å². The van der Waals surface area contributed by atoms with Crippen LogP contribution in [0.15, 0.2) is 42.9 Å². The molecule has 3 aromatic heterocycles. The number of hydrogen-bond donors (Lipinski definition) is 3. The maximum atomic E-state index is 12.9. The van der Waals surface area contributed by atoms with E-state index < -0.39 is 0 Å². The number of anilines is 1. The molecule has 4 aromatic rings. The summed E-state index contributed by atoms with van der Waals surface area (Å²) in [6.07, 6.45) is 4.08. The van der Waals surface area contributed by atoms with Gasteiger partial charge in [0.1, 0.15) is 12.1 Å². The smallest absolute Gasteiger partial charge is 0.331 e. The van der Waals surface area contributed by atoms with E-state index in [1.54, 1.807) is 10.8 Å². The third-order valence-corrected chi connectivity index (χ3v) is 5.84. The van der Waals surface area contributed by atoms with Crippen LogP contribution in [0.4, 0.5) is 10.6 Å². The van der Waals surface area contributed by atoms with Crippen LogP contribution in [0, 0.1) is 0 Å². The molecule has 0 aliphatic carbocycles. The van der Waals surface area contributed by atoms with Gasteiger partial charge in [-0.2, -0.15) is 5.10 Å². The molecule has 1 aromatic carbocycles. The lowest BCUT2D eigenvalue weighted by Crippen LogP contribution is -2.33. The Morgan fingerprint density at radius 1 is 1.21 bits per heavy atom. The van der Waals surface area contributed by atoms with Crippen molar-refractivity contribution < 1.29 is 9.53 Å². The first kappa shape index (κ1) is 21.1. The van der Waals surface area contributed by atoms with Gasteiger partial charge < -0.3 is 10.1 Å². The molecular weight excluding hydrogens is 418 g/mol. The number of fused-ring (bicyclic) bond motifs is 2. The van der Waals surface area contributed by atoms with Gasteiger partial charge in [0.2, 0.25) is 5.88 Å². The number of aromatic nitrogens is 5. The van der Waals surface area contributed by atoms with Crippen molar-refractivity contribution in [3.8, 4) is 11.6 Å². The standard InChI is InChI=1S/C24H27N7O2/c1-14-9-17-18(12-25-14)26-13-27-22(17)33-16-5-6-19-15(10-16)7-8-31(19)23(32)28-21-11-20(29-30-21)24(2,3)4/h5-8,10-11,13-14,25H,9,12H2,1-4H3,(H2,28,29,30,32). The maximum absolute atomic E-state index is 12.9. The Kier molecular flexibility index (Phi) is 5.13. The molecular formula is C24H27N7O2. The molecule has 1 aliphatic rings. The molecule has 1 aliphatic heterocycles. The number of amides is 1. The van der Waals surface area contributed by atoms with Crippen LogP contribution in [0.25, 0.3) is 10.9 Å². The van der Waals surface area contributed by atoms with Gasteiger partial charge in [0, 0.05) is 46.9 Å². The summed E-state index contributed by atoms with van der Waals surface area (Å²) in [6.45, 7) is 9.09. The minimum atomic E-state index is -0.281. The number of carbonyl (C=O) groups excluding carboxylic acids is 1. The fraction of sp³-hybridized carbons (Fsp3) is 0.333. The molecule has 0 saturated carbocycles. The Morgan fingerprint density at radius 2 is 2.06 bits per heavy atom. The van der Waals surface area contributed by atoms with E-state index in [-0.39, 0.29) is 11.4 Å². The molecule has 4 heterocycles. The summed E-state index contributed by atoms with van der Waals surface area (Å²) in [4.78, 5) is 21.6. The second-order valence-corrected chi connectivity index (χ2v) is 9.45. The number of carbonyl (C=O) groups is 1. The van der Waals surface area contributed by atoms with Gasteiger partial charge >= 0.3 is 6.03 Å². The molecule has 0 saturated heterocycles. The number of ether oxygens (including phenoxy) is 1. The zero-order valence-corrected chi connectivity index (χ0v) is 19.1. The summed E-state index contributed by atoms with van der Waals surface area (Å²) in [6, 6.07) is 9.42. The molecule has 0 bridgehead atoms. The van der Waals surface area contributed by atoms with Crippen molar-refractivity contribution in [2.24, 2.45) is 0 Å². The Balaban J connectivity index is 1.36. The fourth-order valence-electron chi connectivity index (χ4n) is 3.94. The van der Waals surface area contributed by atoms with Crippen molar-refractivity contribution in [2.75, 3.05) is 5.32 Å². The molecule has 33 heavy (non-hydrogen) atoms. The Hall–Kier alpha value is -3.72. The minimum Gasteiger partial charge on any atom is -0.439 e. The zero-order chi connectivity index (χ0) is 23.2. The summed E-state index contributed by atoms with van der Waals surface area (Å²) in [5.41, 5.74) is 3.65. The van der Waals surface area contributed by atoms with Gasteiger partial charge in [0.15, 0.2) is 5.82 Å². The van der Waals surface area contributed by atoms with E-state index in [1.165, 1.54) is 6.33 Å². The van der Waals surface area contributed by atoms with Gasteiger partial charge in [0.05, 0.1) is 11.2 Å². The van der Waals surface area contributed by atoms with Crippen LogP contribution < -0.4 is 15.4 Å². The number of nitrogens with zero attached hydrogens (tertiary/aromatic N) is 4. The van der Waals surface area contributed by atoms with Crippen LogP contribution >= 0.6 is 0 Å². The van der Waals surface area contributed by atoms with E-state index >= 15 is 0 Å². The van der Waals surface area contributed by atoms with Crippen LogP contribution in [0.1, 0.15) is 44.6 Å². The minimum absolute atomic E-state index is 0.0794. The van der Waals surface area contributed by atoms with Crippen molar-refractivity contribution in [1.82, 2.24) is 30.0 Å². The first-order valence-electron chi connectivity index (χ1n) is 11.0. The fourth-order valence-corrected chi connectivity index (χ4v) is 3.94. The highest BCUT2D eigenvalue weighted by molar-refractivity contribution is 5.98. The first-order chi connectivity index (χ1) is 15.8. The van der Waals surface area contributed by atoms with E-state index in [1.807, 2.05) is 30.3 Å². The third kappa shape index (κ3) is 4.19. The predicted octanol–water partition coefficient (Wildman–Crippen LogP) is 4.36. The van der Waals surface area contributed by atoms with Gasteiger partial charge in [-0.1, -0.05) is 20.8 Å². The van der Waals surface area contributed by atoms with Crippen molar-refractivity contribution in [1.29, 1.82) is 0 Å². The molecule has 3 N–H and O–H groups in total. The van der Waals surface area contributed by atoms with Gasteiger partial charge in [-0.05, 0) is 37.6 Å². The summed E-state index contributed by atoms with van der Waals surface area (Å²) < 4.78 is 7.69. The van der Waals surface area contributed by atoms with Crippen LogP contribution in [-0.2, 0) is 18.4 Å². The number of nitrogens with one attached hydrogen (secondary N) is 3. The normalized spacial score (nSPS) is 15.9. The largest absolute Gasteiger partial charge is 0.439 e. The second-order valence-electron chi connectivity index (χ2n) is 9.45. The quantitative estimate of drug-likeness (QED) is 0.432. The number of H-pyrrole nitrogens is 1. The molecule has 9 heteroatoms. The number of hydrogen-bond acceptors (Lipinski definition) is 6. The van der Waals surface area contributed by atoms with Gasteiger partial charge in [-0.25, -0.2) is 14.8 Å². The monoisotopic (exact) mass is 445 g/mol. The molecule has 1 atom stereocenters. The highest BCUT2D eigenvalue weighted by Crippen LogP contribution is 2.30. The molecule has 0 radical (unpaired) electrons. The van der Waals surface area contributed by atoms with E-state index in [0.717, 1.165) is 34.3 Å². The Bertz CT molecular complexity index is 1330. The summed E-state index contributed by atoms with van der Waals surface area (Å²) in [5, 5.41) is 14.3. The summed E-state index contributed by atoms with van der Waals surface area (Å²) in [5.74, 6) is 1.73. The molecule has 9 nitrogen and oxygen atoms in total. The van der Waals surface area contributed by atoms with Crippen LogP contribution in [0.2, 0.25) is 0 Å². The average Bonchev–Trinajstić information content (AvgIpc) is 3.41. The molecule has 170 valence electrons. The predicted molar refractivity (Wildman–Crippen MR) is 126 cm³/mol. The first-order valence-corrected chi connectivity index (χ1v) is 11.0. The van der Waals surface area contributed by atoms with E-state index in [2.05, 4.69) is 58.5 Å². The maximum Gasteiger partial charge on any atom is 0.331 e. The second kappa shape index (κ2) is 8.00. The SMILES string of the molecule is CC1Cc2c(ncnc2Oc2ccc3c(ccn3C(=O)Nc3cc(C(C)(C)C)[nH]n3)c2)CN1. The lowest BCUT2D eigenvalue weighted by Gasteiger charge is -2.23. The van der Waals surface area contributed by atoms with Crippen molar-refractivity contribution in [3.05, 3.63) is 59.8 Å². The molecule has 0 fully saturated rings. The molecule has 1 amide bonds.